The number of halogens is 2. The van der Waals surface area contributed by atoms with Crippen molar-refractivity contribution in [1.29, 1.82) is 0 Å². The van der Waals surface area contributed by atoms with Gasteiger partial charge in [-0.1, -0.05) is 58.8 Å². The number of thiazole rings is 1. The summed E-state index contributed by atoms with van der Waals surface area (Å²) in [4.78, 5) is 34.4. The van der Waals surface area contributed by atoms with E-state index in [1.54, 1.807) is 42.7 Å². The van der Waals surface area contributed by atoms with Crippen molar-refractivity contribution in [3.8, 4) is 11.5 Å². The fraction of sp³-hybridized carbons (Fsp3) is 0.265. The van der Waals surface area contributed by atoms with E-state index in [1.165, 1.54) is 11.3 Å². The molecule has 1 aromatic heterocycles. The van der Waals surface area contributed by atoms with Crippen LogP contribution in [0.3, 0.4) is 0 Å². The molecule has 11 heteroatoms. The van der Waals surface area contributed by atoms with Crippen LogP contribution in [0.2, 0.25) is 10.0 Å². The predicted molar refractivity (Wildman–Crippen MR) is 180 cm³/mol. The third kappa shape index (κ3) is 6.96. The van der Waals surface area contributed by atoms with Crippen molar-refractivity contribution in [1.82, 2.24) is 4.57 Å². The van der Waals surface area contributed by atoms with Gasteiger partial charge in [0, 0.05) is 35.4 Å². The van der Waals surface area contributed by atoms with Gasteiger partial charge in [0.25, 0.3) is 5.56 Å². The first-order valence-corrected chi connectivity index (χ1v) is 16.0. The maximum absolute atomic E-state index is 14.0. The Morgan fingerprint density at radius 3 is 2.42 bits per heavy atom. The molecule has 0 bridgehead atoms. The van der Waals surface area contributed by atoms with Gasteiger partial charge in [-0.05, 0) is 74.4 Å². The minimum Gasteiger partial charge on any atom is -0.490 e. The van der Waals surface area contributed by atoms with Crippen LogP contribution in [0.1, 0.15) is 43.5 Å². The molecule has 0 spiro atoms. The number of anilines is 1. The molecule has 0 radical (unpaired) electrons. The molecule has 1 aliphatic rings. The van der Waals surface area contributed by atoms with Gasteiger partial charge >= 0.3 is 5.97 Å². The molecule has 0 saturated heterocycles. The van der Waals surface area contributed by atoms with Crippen LogP contribution in [0.5, 0.6) is 11.5 Å². The Kier molecular flexibility index (Phi) is 10.0. The number of aromatic nitrogens is 1. The summed E-state index contributed by atoms with van der Waals surface area (Å²) >= 11 is 13.6. The maximum Gasteiger partial charge on any atom is 0.338 e. The third-order valence-corrected chi connectivity index (χ3v) is 8.78. The summed E-state index contributed by atoms with van der Waals surface area (Å²) in [6.07, 6.45) is 1.79. The van der Waals surface area contributed by atoms with Crippen LogP contribution in [0.25, 0.3) is 6.08 Å². The van der Waals surface area contributed by atoms with Gasteiger partial charge in [0.05, 0.1) is 35.1 Å². The molecule has 0 fully saturated rings. The van der Waals surface area contributed by atoms with Gasteiger partial charge in [0.15, 0.2) is 16.3 Å². The van der Waals surface area contributed by atoms with Crippen molar-refractivity contribution in [2.75, 3.05) is 32.2 Å². The summed E-state index contributed by atoms with van der Waals surface area (Å²) in [7, 11) is 3.91. The Morgan fingerprint density at radius 2 is 1.76 bits per heavy atom. The fourth-order valence-electron chi connectivity index (χ4n) is 5.01. The largest absolute Gasteiger partial charge is 0.490 e. The fourth-order valence-corrected chi connectivity index (χ4v) is 6.52. The summed E-state index contributed by atoms with van der Waals surface area (Å²) in [6, 6.07) is 17.8. The highest BCUT2D eigenvalue weighted by molar-refractivity contribution is 7.07. The number of rotatable bonds is 10. The zero-order valence-corrected chi connectivity index (χ0v) is 27.9. The predicted octanol–water partition coefficient (Wildman–Crippen LogP) is 6.15. The molecule has 1 atom stereocenters. The summed E-state index contributed by atoms with van der Waals surface area (Å²) < 4.78 is 19.4. The summed E-state index contributed by atoms with van der Waals surface area (Å²) in [5.41, 5.74) is 3.92. The number of carbonyl (C=O) groups is 1. The smallest absolute Gasteiger partial charge is 0.338 e. The number of hydrogen-bond acceptors (Lipinski definition) is 8. The number of nitrogens with zero attached hydrogens (tertiary/aromatic N) is 3. The molecule has 8 nitrogen and oxygen atoms in total. The average Bonchev–Trinajstić information content (AvgIpc) is 3.30. The average molecular weight is 667 g/mol. The first kappa shape index (κ1) is 32.3. The van der Waals surface area contributed by atoms with Crippen LogP contribution in [0, 0.1) is 0 Å². The van der Waals surface area contributed by atoms with Crippen LogP contribution in [-0.4, -0.2) is 37.8 Å². The number of benzene rings is 3. The van der Waals surface area contributed by atoms with Crippen LogP contribution in [0.15, 0.2) is 81.7 Å². The van der Waals surface area contributed by atoms with E-state index in [0.29, 0.717) is 48.8 Å². The number of hydrogen-bond donors (Lipinski definition) is 0. The van der Waals surface area contributed by atoms with Gasteiger partial charge in [-0.25, -0.2) is 9.79 Å². The lowest BCUT2D eigenvalue weighted by Crippen LogP contribution is -2.39. The van der Waals surface area contributed by atoms with E-state index < -0.39 is 12.0 Å². The lowest BCUT2D eigenvalue weighted by Gasteiger charge is -2.25. The van der Waals surface area contributed by atoms with E-state index in [1.807, 2.05) is 68.4 Å². The van der Waals surface area contributed by atoms with Crippen LogP contribution < -0.4 is 29.3 Å². The first-order valence-electron chi connectivity index (χ1n) is 14.4. The van der Waals surface area contributed by atoms with Crippen LogP contribution in [-0.2, 0) is 16.1 Å². The number of esters is 1. The van der Waals surface area contributed by atoms with Crippen molar-refractivity contribution in [3.05, 3.63) is 118 Å². The molecule has 3 aromatic carbocycles. The number of ether oxygens (including phenoxy) is 3. The molecule has 4 aromatic rings. The Labute approximate surface area is 275 Å². The van der Waals surface area contributed by atoms with E-state index in [-0.39, 0.29) is 18.8 Å². The molecule has 0 amide bonds. The van der Waals surface area contributed by atoms with Crippen molar-refractivity contribution < 1.29 is 19.0 Å². The lowest BCUT2D eigenvalue weighted by atomic mass is 9.95. The van der Waals surface area contributed by atoms with E-state index in [2.05, 4.69) is 4.99 Å². The molecular weight excluding hydrogens is 633 g/mol. The SMILES string of the molecule is CCOC(=O)C1=C(C)N=c2s/c(=C\c3ccc(OCc4ccc(Cl)cc4Cl)c(OCC)c3)c(=O)n2C1c1ccc(N(C)C)cc1. The molecule has 0 aliphatic carbocycles. The molecular formula is C34H33Cl2N3O5S. The van der Waals surface area contributed by atoms with Crippen molar-refractivity contribution in [2.45, 2.75) is 33.4 Å². The zero-order valence-electron chi connectivity index (χ0n) is 25.6. The second-order valence-electron chi connectivity index (χ2n) is 10.5. The number of fused-ring (bicyclic) bond motifs is 1. The number of allylic oxidation sites excluding steroid dienone is 1. The van der Waals surface area contributed by atoms with E-state index in [9.17, 15) is 9.59 Å². The lowest BCUT2D eigenvalue weighted by molar-refractivity contribution is -0.139. The van der Waals surface area contributed by atoms with Gasteiger partial charge in [-0.3, -0.25) is 9.36 Å². The van der Waals surface area contributed by atoms with Gasteiger partial charge in [-0.15, -0.1) is 0 Å². The Morgan fingerprint density at radius 1 is 1.00 bits per heavy atom. The van der Waals surface area contributed by atoms with Crippen LogP contribution >= 0.6 is 34.5 Å². The van der Waals surface area contributed by atoms with Crippen molar-refractivity contribution >= 4 is 52.3 Å². The zero-order chi connectivity index (χ0) is 32.2. The molecule has 0 saturated carbocycles. The molecule has 2 heterocycles. The molecule has 1 unspecified atom stereocenters. The Balaban J connectivity index is 1.55. The van der Waals surface area contributed by atoms with E-state index in [4.69, 9.17) is 37.4 Å². The van der Waals surface area contributed by atoms with Gasteiger partial charge in [0.1, 0.15) is 6.61 Å². The number of carbonyl (C=O) groups excluding carboxylic acids is 1. The van der Waals surface area contributed by atoms with Crippen molar-refractivity contribution in [2.24, 2.45) is 4.99 Å². The second-order valence-corrected chi connectivity index (χ2v) is 12.3. The molecule has 234 valence electrons. The Bertz CT molecular complexity index is 1950. The highest BCUT2D eigenvalue weighted by Gasteiger charge is 2.33. The van der Waals surface area contributed by atoms with E-state index >= 15 is 0 Å². The summed E-state index contributed by atoms with van der Waals surface area (Å²) in [6.45, 7) is 6.27. The van der Waals surface area contributed by atoms with Gasteiger partial charge in [0.2, 0.25) is 0 Å². The standard InChI is InChI=1S/C34H33Cl2N3O5S/c1-6-42-28-16-21(8-15-27(28)44-19-23-9-12-24(35)18-26(23)36)17-29-32(40)39-31(22-10-13-25(14-11-22)38(4)5)30(33(41)43-7-2)20(3)37-34(39)45-29/h8-18,31H,6-7,19H2,1-5H3/b29-17-. The normalized spacial score (nSPS) is 14.6. The summed E-state index contributed by atoms with van der Waals surface area (Å²) in [5.74, 6) is 0.576. The molecule has 5 rings (SSSR count). The van der Waals surface area contributed by atoms with Gasteiger partial charge < -0.3 is 19.1 Å². The molecule has 1 aliphatic heterocycles. The first-order chi connectivity index (χ1) is 21.6. The molecule has 45 heavy (non-hydrogen) atoms. The quantitative estimate of drug-likeness (QED) is 0.189. The third-order valence-electron chi connectivity index (χ3n) is 7.21. The van der Waals surface area contributed by atoms with Crippen LogP contribution in [0.4, 0.5) is 5.69 Å². The highest BCUT2D eigenvalue weighted by atomic mass is 35.5. The minimum atomic E-state index is -0.687. The van der Waals surface area contributed by atoms with Crippen molar-refractivity contribution in [3.63, 3.8) is 0 Å². The molecule has 0 N–H and O–H groups in total. The maximum atomic E-state index is 14.0. The summed E-state index contributed by atoms with van der Waals surface area (Å²) in [5, 5.41) is 1.06. The minimum absolute atomic E-state index is 0.209. The van der Waals surface area contributed by atoms with Gasteiger partial charge in [-0.2, -0.15) is 0 Å². The second kappa shape index (κ2) is 13.9. The topological polar surface area (TPSA) is 82.4 Å². The monoisotopic (exact) mass is 665 g/mol. The van der Waals surface area contributed by atoms with E-state index in [0.717, 1.165) is 22.4 Å². The highest BCUT2D eigenvalue weighted by Crippen LogP contribution is 2.33. The Hall–Kier alpha value is -4.05.